The quantitative estimate of drug-likeness (QED) is 0.656. The molecule has 0 spiro atoms. The highest BCUT2D eigenvalue weighted by Crippen LogP contribution is 2.08. The first-order valence-electron chi connectivity index (χ1n) is 5.35. The van der Waals surface area contributed by atoms with Crippen molar-refractivity contribution in [2.75, 3.05) is 0 Å². The van der Waals surface area contributed by atoms with Gasteiger partial charge < -0.3 is 0 Å². The lowest BCUT2D eigenvalue weighted by Gasteiger charge is -1.99. The highest BCUT2D eigenvalue weighted by atomic mass is 16.1. The van der Waals surface area contributed by atoms with E-state index in [9.17, 15) is 4.79 Å². The number of carbonyl (C=O) groups is 1. The first-order valence-corrected chi connectivity index (χ1v) is 4.35. The van der Waals surface area contributed by atoms with Crippen molar-refractivity contribution in [3.05, 3.63) is 71.7 Å². The van der Waals surface area contributed by atoms with Crippen LogP contribution in [0.4, 0.5) is 0 Å². The number of hydrogen-bond acceptors (Lipinski definition) is 1. The molecule has 0 aromatic heterocycles. The number of rotatable bonds is 2. The highest BCUT2D eigenvalue weighted by Gasteiger charge is 2.06. The van der Waals surface area contributed by atoms with E-state index in [2.05, 4.69) is 0 Å². The van der Waals surface area contributed by atoms with E-state index in [0.717, 1.165) is 0 Å². The predicted molar refractivity (Wildman–Crippen MR) is 56.3 cm³/mol. The van der Waals surface area contributed by atoms with Gasteiger partial charge in [-0.1, -0.05) is 60.6 Å². The SMILES string of the molecule is [2H]c1cccc(C(=O)c2cccc([2H])c2)c1. The Kier molecular flexibility index (Phi) is 1.81. The summed E-state index contributed by atoms with van der Waals surface area (Å²) in [5, 5.41) is 0. The van der Waals surface area contributed by atoms with Gasteiger partial charge in [0.25, 0.3) is 0 Å². The molecule has 0 fully saturated rings. The molecule has 0 aliphatic heterocycles. The van der Waals surface area contributed by atoms with Crippen molar-refractivity contribution in [1.82, 2.24) is 0 Å². The summed E-state index contributed by atoms with van der Waals surface area (Å²) in [5.74, 6) is -0.150. The minimum Gasteiger partial charge on any atom is -0.289 e. The molecule has 1 nitrogen and oxygen atoms in total. The first kappa shape index (κ1) is 6.55. The zero-order valence-electron chi connectivity index (χ0n) is 9.53. The van der Waals surface area contributed by atoms with E-state index >= 15 is 0 Å². The average Bonchev–Trinajstić information content (AvgIpc) is 2.28. The molecule has 68 valence electrons. The Morgan fingerprint density at radius 2 is 1.36 bits per heavy atom. The third-order valence-corrected chi connectivity index (χ3v) is 1.94. The van der Waals surface area contributed by atoms with E-state index in [4.69, 9.17) is 2.74 Å². The summed E-state index contributed by atoms with van der Waals surface area (Å²) in [4.78, 5) is 12.0. The Morgan fingerprint density at radius 3 is 1.79 bits per heavy atom. The van der Waals surface area contributed by atoms with Gasteiger partial charge in [0, 0.05) is 11.1 Å². The van der Waals surface area contributed by atoms with Gasteiger partial charge >= 0.3 is 0 Å². The van der Waals surface area contributed by atoms with Gasteiger partial charge in [-0.25, -0.2) is 0 Å². The van der Waals surface area contributed by atoms with E-state index in [1.807, 2.05) is 0 Å². The molecular weight excluding hydrogens is 172 g/mol. The lowest BCUT2D eigenvalue weighted by Crippen LogP contribution is -1.99. The Morgan fingerprint density at radius 1 is 0.857 bits per heavy atom. The van der Waals surface area contributed by atoms with Crippen LogP contribution >= 0.6 is 0 Å². The smallest absolute Gasteiger partial charge is 0.193 e. The summed E-state index contributed by atoms with van der Waals surface area (Å²) in [6.45, 7) is 0. The van der Waals surface area contributed by atoms with Crippen molar-refractivity contribution in [1.29, 1.82) is 0 Å². The molecule has 0 heterocycles. The fraction of sp³-hybridized carbons (Fsp3) is 0. The van der Waals surface area contributed by atoms with Crippen molar-refractivity contribution in [2.24, 2.45) is 0 Å². The lowest BCUT2D eigenvalue weighted by molar-refractivity contribution is 0.103. The predicted octanol–water partition coefficient (Wildman–Crippen LogP) is 2.92. The van der Waals surface area contributed by atoms with Crippen LogP contribution in [0.15, 0.2) is 60.6 Å². The molecule has 1 heteroatoms. The van der Waals surface area contributed by atoms with E-state index < -0.39 is 0 Å². The topological polar surface area (TPSA) is 17.1 Å². The molecule has 0 saturated carbocycles. The van der Waals surface area contributed by atoms with Crippen molar-refractivity contribution in [3.63, 3.8) is 0 Å². The van der Waals surface area contributed by atoms with E-state index in [0.29, 0.717) is 23.2 Å². The number of carbonyl (C=O) groups excluding carboxylic acids is 1. The monoisotopic (exact) mass is 184 g/mol. The molecule has 0 atom stereocenters. The van der Waals surface area contributed by atoms with Crippen molar-refractivity contribution >= 4 is 5.78 Å². The van der Waals surface area contributed by atoms with E-state index in [1.54, 1.807) is 36.4 Å². The van der Waals surface area contributed by atoms with Crippen molar-refractivity contribution in [3.8, 4) is 0 Å². The Hall–Kier alpha value is -1.89. The van der Waals surface area contributed by atoms with E-state index in [-0.39, 0.29) is 5.78 Å². The summed E-state index contributed by atoms with van der Waals surface area (Å²) in [6.07, 6.45) is 0. The van der Waals surface area contributed by atoms with Crippen LogP contribution in [-0.4, -0.2) is 5.78 Å². The molecule has 0 bridgehead atoms. The maximum atomic E-state index is 12.0. The summed E-state index contributed by atoms with van der Waals surface area (Å²) in [6, 6.07) is 13.6. The molecule has 0 N–H and O–H groups in total. The Labute approximate surface area is 85.8 Å². The standard InChI is InChI=1S/C13H10O/c14-13(11-7-3-1-4-8-11)12-9-5-2-6-10-12/h1-10H/i3D,5D. The average molecular weight is 184 g/mol. The minimum absolute atomic E-state index is 0.150. The van der Waals surface area contributed by atoms with Gasteiger partial charge in [0.15, 0.2) is 5.78 Å². The van der Waals surface area contributed by atoms with E-state index in [1.165, 1.54) is 12.1 Å². The summed E-state index contributed by atoms with van der Waals surface area (Å²) >= 11 is 0. The molecule has 2 rings (SSSR count). The van der Waals surface area contributed by atoms with Gasteiger partial charge in [0.2, 0.25) is 0 Å². The first-order chi connectivity index (χ1) is 7.66. The zero-order valence-corrected chi connectivity index (χ0v) is 7.53. The largest absolute Gasteiger partial charge is 0.289 e. The summed E-state index contributed by atoms with van der Waals surface area (Å²) < 4.78 is 14.9. The molecule has 0 saturated heterocycles. The molecule has 0 amide bonds. The van der Waals surface area contributed by atoms with Crippen LogP contribution in [0.3, 0.4) is 0 Å². The molecule has 2 aromatic carbocycles. The van der Waals surface area contributed by atoms with Crippen LogP contribution < -0.4 is 0 Å². The molecule has 0 aliphatic carbocycles. The van der Waals surface area contributed by atoms with Gasteiger partial charge in [0.05, 0.1) is 2.74 Å². The second-order valence-corrected chi connectivity index (χ2v) is 2.91. The third-order valence-electron chi connectivity index (χ3n) is 1.94. The van der Waals surface area contributed by atoms with Gasteiger partial charge in [-0.3, -0.25) is 4.79 Å². The fourth-order valence-electron chi connectivity index (χ4n) is 1.24. The third kappa shape index (κ3) is 1.72. The number of hydrogen-bond donors (Lipinski definition) is 0. The van der Waals surface area contributed by atoms with Crippen LogP contribution in [-0.2, 0) is 0 Å². The maximum absolute atomic E-state index is 12.0. The normalized spacial score (nSPS) is 11.7. The second kappa shape index (κ2) is 3.88. The molecule has 14 heavy (non-hydrogen) atoms. The number of benzene rings is 2. The molecule has 2 aromatic rings. The van der Waals surface area contributed by atoms with Crippen LogP contribution in [0, 0.1) is 0 Å². The van der Waals surface area contributed by atoms with Gasteiger partial charge in [-0.2, -0.15) is 0 Å². The van der Waals surface area contributed by atoms with Crippen LogP contribution in [0.25, 0.3) is 0 Å². The van der Waals surface area contributed by atoms with Gasteiger partial charge in [-0.05, 0) is 0 Å². The minimum atomic E-state index is -0.150. The zero-order chi connectivity index (χ0) is 11.5. The molecular formula is C13H10O. The molecule has 0 aliphatic rings. The number of ketones is 1. The summed E-state index contributed by atoms with van der Waals surface area (Å²) in [7, 11) is 0. The lowest BCUT2D eigenvalue weighted by atomic mass is 10.0. The van der Waals surface area contributed by atoms with Crippen molar-refractivity contribution < 1.29 is 7.54 Å². The van der Waals surface area contributed by atoms with Crippen LogP contribution in [0.5, 0.6) is 0 Å². The fourth-order valence-corrected chi connectivity index (χ4v) is 1.24. The van der Waals surface area contributed by atoms with Gasteiger partial charge in [-0.15, -0.1) is 0 Å². The van der Waals surface area contributed by atoms with Crippen molar-refractivity contribution in [2.45, 2.75) is 0 Å². The van der Waals surface area contributed by atoms with Crippen LogP contribution in [0.2, 0.25) is 0 Å². The second-order valence-electron chi connectivity index (χ2n) is 2.91. The highest BCUT2D eigenvalue weighted by molar-refractivity contribution is 6.08. The maximum Gasteiger partial charge on any atom is 0.193 e. The summed E-state index contributed by atoms with van der Waals surface area (Å²) in [5.41, 5.74) is 0.969. The molecule has 0 unspecified atom stereocenters. The van der Waals surface area contributed by atoms with Crippen LogP contribution in [0.1, 0.15) is 18.7 Å². The molecule has 0 radical (unpaired) electrons. The Balaban J connectivity index is 2.39. The van der Waals surface area contributed by atoms with Gasteiger partial charge in [0.1, 0.15) is 0 Å². The Bertz CT molecular complexity index is 487.